The van der Waals surface area contributed by atoms with E-state index in [1.165, 1.54) is 5.56 Å². The first-order valence-electron chi connectivity index (χ1n) is 5.99. The average molecular weight is 253 g/mol. The van der Waals surface area contributed by atoms with Crippen LogP contribution in [0.3, 0.4) is 0 Å². The summed E-state index contributed by atoms with van der Waals surface area (Å²) in [6.07, 6.45) is 0.373. The average Bonchev–Trinajstić information content (AvgIpc) is 3.11. The van der Waals surface area contributed by atoms with Gasteiger partial charge in [-0.1, -0.05) is 44.5 Å². The number of hydrogen-bond acceptors (Lipinski definition) is 2. The van der Waals surface area contributed by atoms with E-state index in [0.717, 1.165) is 11.6 Å². The Morgan fingerprint density at radius 1 is 1.24 bits per heavy atom. The Kier molecular flexibility index (Phi) is 2.35. The van der Waals surface area contributed by atoms with Gasteiger partial charge in [0, 0.05) is 5.02 Å². The maximum atomic E-state index is 5.88. The fourth-order valence-electron chi connectivity index (χ4n) is 2.47. The molecule has 1 aromatic rings. The largest absolute Gasteiger partial charge is 0.366 e. The van der Waals surface area contributed by atoms with Gasteiger partial charge in [-0.05, 0) is 23.1 Å². The van der Waals surface area contributed by atoms with Crippen molar-refractivity contribution in [2.24, 2.45) is 5.41 Å². The van der Waals surface area contributed by atoms with E-state index in [2.05, 4.69) is 20.8 Å². The van der Waals surface area contributed by atoms with Crippen LogP contribution in [0.4, 0.5) is 0 Å². The molecule has 2 heterocycles. The van der Waals surface area contributed by atoms with Crippen molar-refractivity contribution in [1.29, 1.82) is 0 Å². The van der Waals surface area contributed by atoms with Crippen LogP contribution >= 0.6 is 11.6 Å². The first kappa shape index (κ1) is 11.5. The Hall–Kier alpha value is -0.570. The van der Waals surface area contributed by atoms with E-state index in [0.29, 0.717) is 0 Å². The fraction of sp³-hybridized carbons (Fsp3) is 0.571. The van der Waals surface area contributed by atoms with Gasteiger partial charge in [-0.3, -0.25) is 0 Å². The van der Waals surface area contributed by atoms with Crippen molar-refractivity contribution in [3.8, 4) is 0 Å². The monoisotopic (exact) mass is 252 g/mol. The van der Waals surface area contributed by atoms with Crippen molar-refractivity contribution in [1.82, 2.24) is 0 Å². The number of ether oxygens (including phenoxy) is 2. The number of hydrogen-bond donors (Lipinski definition) is 0. The molecule has 0 unspecified atom stereocenters. The summed E-state index contributed by atoms with van der Waals surface area (Å²) >= 11 is 5.88. The summed E-state index contributed by atoms with van der Waals surface area (Å²) in [5.74, 6) is 0. The second kappa shape index (κ2) is 3.47. The quantitative estimate of drug-likeness (QED) is 0.752. The van der Waals surface area contributed by atoms with Crippen LogP contribution in [0.2, 0.25) is 5.02 Å². The molecule has 0 saturated carbocycles. The molecule has 92 valence electrons. The minimum absolute atomic E-state index is 0.0860. The third-order valence-electron chi connectivity index (χ3n) is 3.87. The Labute approximate surface area is 107 Å². The van der Waals surface area contributed by atoms with Crippen molar-refractivity contribution in [3.05, 3.63) is 34.9 Å². The summed E-state index contributed by atoms with van der Waals surface area (Å²) in [4.78, 5) is 0. The normalized spacial score (nSPS) is 35.8. The second-order valence-corrected chi connectivity index (χ2v) is 6.39. The summed E-state index contributed by atoms with van der Waals surface area (Å²) in [6, 6.07) is 7.89. The van der Waals surface area contributed by atoms with Crippen LogP contribution in [-0.4, -0.2) is 18.3 Å². The summed E-state index contributed by atoms with van der Waals surface area (Å²) in [5.41, 5.74) is 1.23. The molecule has 0 amide bonds. The molecule has 2 nitrogen and oxygen atoms in total. The molecule has 3 rings (SSSR count). The smallest absolute Gasteiger partial charge is 0.125 e. The molecular weight excluding hydrogens is 236 g/mol. The van der Waals surface area contributed by atoms with Crippen LogP contribution in [-0.2, 0) is 9.47 Å². The molecule has 1 aromatic carbocycles. The van der Waals surface area contributed by atoms with Gasteiger partial charge in [-0.2, -0.15) is 0 Å². The lowest BCUT2D eigenvalue weighted by molar-refractivity contribution is 0.119. The highest BCUT2D eigenvalue weighted by atomic mass is 35.5. The number of rotatable bonds is 2. The van der Waals surface area contributed by atoms with E-state index >= 15 is 0 Å². The van der Waals surface area contributed by atoms with E-state index in [4.69, 9.17) is 21.1 Å². The minimum Gasteiger partial charge on any atom is -0.366 e. The fourth-order valence-corrected chi connectivity index (χ4v) is 2.60. The van der Waals surface area contributed by atoms with Crippen molar-refractivity contribution in [2.75, 3.05) is 6.61 Å². The molecule has 0 radical (unpaired) electrons. The molecule has 0 N–H and O–H groups in total. The maximum absolute atomic E-state index is 5.88. The van der Waals surface area contributed by atoms with Crippen LogP contribution in [0, 0.1) is 5.41 Å². The van der Waals surface area contributed by atoms with Crippen LogP contribution in [0.25, 0.3) is 0 Å². The summed E-state index contributed by atoms with van der Waals surface area (Å²) in [5, 5.41) is 0.763. The zero-order valence-electron chi connectivity index (χ0n) is 10.4. The lowest BCUT2D eigenvalue weighted by Crippen LogP contribution is -2.36. The predicted octanol–water partition coefficient (Wildman–Crippen LogP) is 3.60. The van der Waals surface area contributed by atoms with Gasteiger partial charge < -0.3 is 9.47 Å². The highest BCUT2D eigenvalue weighted by molar-refractivity contribution is 6.30. The van der Waals surface area contributed by atoms with Crippen LogP contribution in [0.5, 0.6) is 0 Å². The van der Waals surface area contributed by atoms with E-state index in [1.807, 2.05) is 24.3 Å². The standard InChI is InChI=1S/C14H17ClO2/c1-13(2,3)14(8-16-14)12-11(17-12)9-4-6-10(15)7-5-9/h4-7,11-12H,8H2,1-3H3/t11-,12+,14+/m0/s1. The summed E-state index contributed by atoms with van der Waals surface area (Å²) in [6.45, 7) is 7.44. The Bertz CT molecular complexity index is 429. The van der Waals surface area contributed by atoms with E-state index in [9.17, 15) is 0 Å². The summed E-state index contributed by atoms with van der Waals surface area (Å²) < 4.78 is 11.5. The van der Waals surface area contributed by atoms with Gasteiger partial charge in [0.25, 0.3) is 0 Å². The third-order valence-corrected chi connectivity index (χ3v) is 4.13. The van der Waals surface area contributed by atoms with E-state index in [-0.39, 0.29) is 23.2 Å². The van der Waals surface area contributed by atoms with Gasteiger partial charge in [-0.25, -0.2) is 0 Å². The molecule has 2 saturated heterocycles. The van der Waals surface area contributed by atoms with E-state index < -0.39 is 0 Å². The Morgan fingerprint density at radius 3 is 2.29 bits per heavy atom. The topological polar surface area (TPSA) is 25.1 Å². The van der Waals surface area contributed by atoms with Gasteiger partial charge in [0.15, 0.2) is 0 Å². The lowest BCUT2D eigenvalue weighted by Gasteiger charge is -2.25. The molecule has 2 aliphatic heterocycles. The van der Waals surface area contributed by atoms with Crippen LogP contribution < -0.4 is 0 Å². The van der Waals surface area contributed by atoms with Crippen molar-refractivity contribution < 1.29 is 9.47 Å². The van der Waals surface area contributed by atoms with Crippen molar-refractivity contribution in [3.63, 3.8) is 0 Å². The van der Waals surface area contributed by atoms with Crippen molar-refractivity contribution >= 4 is 11.6 Å². The Morgan fingerprint density at radius 2 is 1.82 bits per heavy atom. The second-order valence-electron chi connectivity index (χ2n) is 5.96. The third kappa shape index (κ3) is 1.79. The summed E-state index contributed by atoms with van der Waals surface area (Å²) in [7, 11) is 0. The molecule has 3 heteroatoms. The first-order chi connectivity index (χ1) is 7.94. The van der Waals surface area contributed by atoms with E-state index in [1.54, 1.807) is 0 Å². The molecule has 3 atom stereocenters. The highest BCUT2D eigenvalue weighted by Gasteiger charge is 2.68. The minimum atomic E-state index is -0.0860. The molecule has 2 aliphatic rings. The molecule has 0 aliphatic carbocycles. The zero-order valence-corrected chi connectivity index (χ0v) is 11.1. The molecule has 17 heavy (non-hydrogen) atoms. The predicted molar refractivity (Wildman–Crippen MR) is 67.2 cm³/mol. The SMILES string of the molecule is CC(C)(C)[C@]1([C@@H]2O[C@H]2c2ccc(Cl)cc2)CO1. The van der Waals surface area contributed by atoms with Crippen LogP contribution in [0.15, 0.2) is 24.3 Å². The van der Waals surface area contributed by atoms with Gasteiger partial charge >= 0.3 is 0 Å². The van der Waals surface area contributed by atoms with Gasteiger partial charge in [-0.15, -0.1) is 0 Å². The highest BCUT2D eigenvalue weighted by Crippen LogP contribution is 2.58. The Balaban J connectivity index is 1.77. The lowest BCUT2D eigenvalue weighted by atomic mass is 9.77. The molecular formula is C14H17ClO2. The number of halogens is 1. The maximum Gasteiger partial charge on any atom is 0.125 e. The van der Waals surface area contributed by atoms with Crippen LogP contribution in [0.1, 0.15) is 32.4 Å². The van der Waals surface area contributed by atoms with Gasteiger partial charge in [0.05, 0.1) is 6.61 Å². The molecule has 2 fully saturated rings. The molecule has 0 aromatic heterocycles. The molecule has 0 bridgehead atoms. The zero-order chi connectivity index (χ0) is 12.3. The first-order valence-corrected chi connectivity index (χ1v) is 6.37. The van der Waals surface area contributed by atoms with Gasteiger partial charge in [0.1, 0.15) is 17.8 Å². The molecule has 0 spiro atoms. The van der Waals surface area contributed by atoms with Crippen molar-refractivity contribution in [2.45, 2.75) is 38.6 Å². The van der Waals surface area contributed by atoms with Gasteiger partial charge in [0.2, 0.25) is 0 Å². The number of epoxide rings is 2. The number of benzene rings is 1.